The first-order valence-electron chi connectivity index (χ1n) is 8.37. The van der Waals surface area contributed by atoms with Gasteiger partial charge in [0.05, 0.1) is 12.0 Å². The van der Waals surface area contributed by atoms with E-state index in [1.54, 1.807) is 0 Å². The van der Waals surface area contributed by atoms with Gasteiger partial charge in [-0.25, -0.2) is 0 Å². The minimum Gasteiger partial charge on any atom is -0.351 e. The lowest BCUT2D eigenvalue weighted by Gasteiger charge is -2.30. The number of carbonyl (C=O) groups excluding carboxylic acids is 3. The predicted molar refractivity (Wildman–Crippen MR) is 86.1 cm³/mol. The Labute approximate surface area is 136 Å². The number of hydrogen-bond donors (Lipinski definition) is 0. The van der Waals surface area contributed by atoms with Crippen molar-refractivity contribution in [3.8, 4) is 0 Å². The van der Waals surface area contributed by atoms with Gasteiger partial charge in [0.2, 0.25) is 11.8 Å². The van der Waals surface area contributed by atoms with Gasteiger partial charge >= 0.3 is 0 Å². The van der Waals surface area contributed by atoms with Gasteiger partial charge in [-0.05, 0) is 32.8 Å². The molecule has 1 aromatic heterocycles. The van der Waals surface area contributed by atoms with Crippen LogP contribution in [0, 0.1) is 19.3 Å². The maximum atomic E-state index is 12.8. The SMILES string of the molecule is Cc1cc(C(=O)CN2C(=O)CC3(CCCCC3)C2=O)c(C)n1C. The number of ketones is 1. The summed E-state index contributed by atoms with van der Waals surface area (Å²) in [5, 5.41) is 0. The van der Waals surface area contributed by atoms with Crippen LogP contribution in [0.4, 0.5) is 0 Å². The summed E-state index contributed by atoms with van der Waals surface area (Å²) in [6.07, 6.45) is 4.98. The summed E-state index contributed by atoms with van der Waals surface area (Å²) in [4.78, 5) is 38.9. The Kier molecular flexibility index (Phi) is 3.90. The number of rotatable bonds is 3. The van der Waals surface area contributed by atoms with Gasteiger partial charge in [0, 0.05) is 30.4 Å². The number of aryl methyl sites for hydroxylation is 1. The van der Waals surface area contributed by atoms with Gasteiger partial charge in [0.25, 0.3) is 0 Å². The highest BCUT2D eigenvalue weighted by Gasteiger charge is 2.51. The van der Waals surface area contributed by atoms with Crippen molar-refractivity contribution >= 4 is 17.6 Å². The van der Waals surface area contributed by atoms with Crippen molar-refractivity contribution in [3.05, 3.63) is 23.0 Å². The molecule has 0 N–H and O–H groups in total. The van der Waals surface area contributed by atoms with Gasteiger partial charge in [-0.2, -0.15) is 0 Å². The van der Waals surface area contributed by atoms with Crippen LogP contribution in [-0.4, -0.2) is 33.6 Å². The molecular weight excluding hydrogens is 292 g/mol. The van der Waals surface area contributed by atoms with Crippen molar-refractivity contribution in [2.75, 3.05) is 6.54 Å². The van der Waals surface area contributed by atoms with E-state index in [0.717, 1.165) is 43.5 Å². The summed E-state index contributed by atoms with van der Waals surface area (Å²) in [6, 6.07) is 1.83. The first-order valence-corrected chi connectivity index (χ1v) is 8.37. The van der Waals surface area contributed by atoms with E-state index < -0.39 is 5.41 Å². The molecule has 1 saturated heterocycles. The van der Waals surface area contributed by atoms with Crippen molar-refractivity contribution in [2.45, 2.75) is 52.4 Å². The molecule has 1 spiro atoms. The molecule has 3 rings (SSSR count). The summed E-state index contributed by atoms with van der Waals surface area (Å²) in [7, 11) is 1.91. The Bertz CT molecular complexity index is 681. The number of Topliss-reactive ketones (excluding diaryl/α,β-unsaturated/α-hetero) is 1. The number of nitrogens with zero attached hydrogens (tertiary/aromatic N) is 2. The molecule has 1 aliphatic heterocycles. The molecule has 2 heterocycles. The van der Waals surface area contributed by atoms with Crippen LogP contribution < -0.4 is 0 Å². The summed E-state index contributed by atoms with van der Waals surface area (Å²) in [6.45, 7) is 3.70. The normalized spacial score (nSPS) is 20.6. The van der Waals surface area contributed by atoms with Crippen LogP contribution >= 0.6 is 0 Å². The number of carbonyl (C=O) groups is 3. The van der Waals surface area contributed by atoms with Crippen LogP contribution in [0.2, 0.25) is 0 Å². The zero-order chi connectivity index (χ0) is 16.8. The molecule has 124 valence electrons. The lowest BCUT2D eigenvalue weighted by molar-refractivity contribution is -0.141. The van der Waals surface area contributed by atoms with Crippen molar-refractivity contribution in [1.29, 1.82) is 0 Å². The smallest absolute Gasteiger partial charge is 0.236 e. The summed E-state index contributed by atoms with van der Waals surface area (Å²) in [5.74, 6) is -0.461. The lowest BCUT2D eigenvalue weighted by Crippen LogP contribution is -2.39. The van der Waals surface area contributed by atoms with Gasteiger partial charge < -0.3 is 4.57 Å². The summed E-state index contributed by atoms with van der Waals surface area (Å²) in [5.41, 5.74) is 1.96. The molecule has 1 aliphatic carbocycles. The fraction of sp³-hybridized carbons (Fsp3) is 0.611. The third kappa shape index (κ3) is 2.52. The van der Waals surface area contributed by atoms with E-state index in [4.69, 9.17) is 0 Å². The van der Waals surface area contributed by atoms with Crippen LogP contribution in [-0.2, 0) is 16.6 Å². The van der Waals surface area contributed by atoms with Crippen LogP contribution in [0.15, 0.2) is 6.07 Å². The Hall–Kier alpha value is -1.91. The molecule has 0 radical (unpaired) electrons. The standard InChI is InChI=1S/C18H24N2O3/c1-12-9-14(13(2)19(12)3)15(21)11-20-16(22)10-18(17(20)23)7-5-4-6-8-18/h9H,4-8,10-11H2,1-3H3. The van der Waals surface area contributed by atoms with Crippen molar-refractivity contribution in [3.63, 3.8) is 0 Å². The van der Waals surface area contributed by atoms with E-state index in [1.165, 1.54) is 4.90 Å². The predicted octanol–water partition coefficient (Wildman–Crippen LogP) is 2.53. The van der Waals surface area contributed by atoms with Crippen LogP contribution in [0.25, 0.3) is 0 Å². The van der Waals surface area contributed by atoms with E-state index >= 15 is 0 Å². The third-order valence-corrected chi connectivity index (χ3v) is 5.68. The fourth-order valence-corrected chi connectivity index (χ4v) is 4.01. The Morgan fingerprint density at radius 3 is 2.39 bits per heavy atom. The quantitative estimate of drug-likeness (QED) is 0.636. The number of likely N-dealkylation sites (tertiary alicyclic amines) is 1. The molecule has 2 amide bonds. The van der Waals surface area contributed by atoms with Gasteiger partial charge in [-0.15, -0.1) is 0 Å². The number of aromatic nitrogens is 1. The fourth-order valence-electron chi connectivity index (χ4n) is 4.01. The first kappa shape index (κ1) is 16.0. The number of amides is 2. The molecule has 1 aromatic rings. The van der Waals surface area contributed by atoms with E-state index in [-0.39, 0.29) is 30.6 Å². The minimum atomic E-state index is -0.517. The highest BCUT2D eigenvalue weighted by atomic mass is 16.2. The van der Waals surface area contributed by atoms with Gasteiger partial charge in [-0.3, -0.25) is 19.3 Å². The summed E-state index contributed by atoms with van der Waals surface area (Å²) >= 11 is 0. The zero-order valence-corrected chi connectivity index (χ0v) is 14.1. The highest BCUT2D eigenvalue weighted by molar-refractivity contribution is 6.10. The second-order valence-electron chi connectivity index (χ2n) is 7.07. The molecule has 0 atom stereocenters. The minimum absolute atomic E-state index is 0.121. The third-order valence-electron chi connectivity index (χ3n) is 5.68. The first-order chi connectivity index (χ1) is 10.9. The molecule has 2 aliphatic rings. The Morgan fingerprint density at radius 1 is 1.17 bits per heavy atom. The van der Waals surface area contributed by atoms with Gasteiger partial charge in [0.1, 0.15) is 0 Å². The second kappa shape index (κ2) is 5.62. The van der Waals surface area contributed by atoms with Gasteiger partial charge in [0.15, 0.2) is 5.78 Å². The van der Waals surface area contributed by atoms with Crippen LogP contribution in [0.1, 0.15) is 60.3 Å². The largest absolute Gasteiger partial charge is 0.351 e. The molecule has 23 heavy (non-hydrogen) atoms. The Balaban J connectivity index is 1.79. The lowest BCUT2D eigenvalue weighted by atomic mass is 9.73. The molecule has 0 unspecified atom stereocenters. The van der Waals surface area contributed by atoms with Crippen LogP contribution in [0.3, 0.4) is 0 Å². The summed E-state index contributed by atoms with van der Waals surface area (Å²) < 4.78 is 1.95. The molecule has 2 fully saturated rings. The van der Waals surface area contributed by atoms with E-state index in [0.29, 0.717) is 5.56 Å². The van der Waals surface area contributed by atoms with Gasteiger partial charge in [-0.1, -0.05) is 19.3 Å². The average Bonchev–Trinajstić information content (AvgIpc) is 2.91. The molecule has 0 bridgehead atoms. The molecular formula is C18H24N2O3. The zero-order valence-electron chi connectivity index (χ0n) is 14.1. The molecule has 5 heteroatoms. The number of hydrogen-bond acceptors (Lipinski definition) is 3. The van der Waals surface area contributed by atoms with Crippen molar-refractivity contribution in [1.82, 2.24) is 9.47 Å². The number of imide groups is 1. The average molecular weight is 316 g/mol. The van der Waals surface area contributed by atoms with E-state index in [2.05, 4.69) is 0 Å². The maximum Gasteiger partial charge on any atom is 0.236 e. The molecule has 5 nitrogen and oxygen atoms in total. The van der Waals surface area contributed by atoms with Crippen LogP contribution in [0.5, 0.6) is 0 Å². The highest BCUT2D eigenvalue weighted by Crippen LogP contribution is 2.45. The van der Waals surface area contributed by atoms with E-state index in [1.807, 2.05) is 31.5 Å². The monoisotopic (exact) mass is 316 g/mol. The molecule has 1 saturated carbocycles. The second-order valence-corrected chi connectivity index (χ2v) is 7.07. The van der Waals surface area contributed by atoms with E-state index in [9.17, 15) is 14.4 Å². The molecule has 0 aromatic carbocycles. The van der Waals surface area contributed by atoms with Crippen molar-refractivity contribution in [2.24, 2.45) is 12.5 Å². The Morgan fingerprint density at radius 2 is 1.83 bits per heavy atom. The topological polar surface area (TPSA) is 59.4 Å². The van der Waals surface area contributed by atoms with Crippen molar-refractivity contribution < 1.29 is 14.4 Å². The maximum absolute atomic E-state index is 12.8.